The Labute approximate surface area is 267 Å². The number of aromatic nitrogens is 2. The third kappa shape index (κ3) is 7.43. The lowest BCUT2D eigenvalue weighted by Crippen LogP contribution is -2.48. The van der Waals surface area contributed by atoms with E-state index in [0.29, 0.717) is 44.7 Å². The molecule has 0 aliphatic carbocycles. The summed E-state index contributed by atoms with van der Waals surface area (Å²) in [7, 11) is 2.72. The van der Waals surface area contributed by atoms with E-state index in [0.717, 1.165) is 0 Å². The number of piperidine rings is 1. The fraction of sp³-hybridized carbons (Fsp3) is 0.367. The Bertz CT molecular complexity index is 1610. The molecule has 2 atom stereocenters. The van der Waals surface area contributed by atoms with Crippen LogP contribution in [0, 0.1) is 17.6 Å². The molecule has 5 rings (SSSR count). The average molecular weight is 663 g/mol. The van der Waals surface area contributed by atoms with E-state index in [-0.39, 0.29) is 63.7 Å². The number of carboxylic acid groups (broad SMARTS) is 1. The number of nitrogens with zero attached hydrogens (tertiary/aromatic N) is 3. The zero-order valence-electron chi connectivity index (χ0n) is 24.9. The monoisotopic (exact) mass is 662 g/mol. The molecule has 1 aromatic heterocycles. The maximum absolute atomic E-state index is 14.6. The molecule has 246 valence electrons. The number of aliphatic hydroxyl groups excluding tert-OH is 1. The molecule has 2 fully saturated rings. The van der Waals surface area contributed by atoms with E-state index in [9.17, 15) is 28.3 Å². The molecule has 2 saturated heterocycles. The number of hydrogen-bond donors (Lipinski definition) is 5. The highest BCUT2D eigenvalue weighted by atomic mass is 35.5. The van der Waals surface area contributed by atoms with E-state index in [1.54, 1.807) is 4.90 Å². The van der Waals surface area contributed by atoms with Gasteiger partial charge in [0.1, 0.15) is 0 Å². The highest BCUT2D eigenvalue weighted by Crippen LogP contribution is 2.30. The quantitative estimate of drug-likeness (QED) is 0.238. The summed E-state index contributed by atoms with van der Waals surface area (Å²) in [5.41, 5.74) is 0.640. The summed E-state index contributed by atoms with van der Waals surface area (Å²) >= 11 is 6.43. The summed E-state index contributed by atoms with van der Waals surface area (Å²) in [6, 6.07) is 6.78. The molecule has 3 aromatic rings. The number of carbonyl (C=O) groups excluding carboxylic acids is 3. The Morgan fingerprint density at radius 3 is 2.43 bits per heavy atom. The summed E-state index contributed by atoms with van der Waals surface area (Å²) in [5.74, 6) is -3.88. The highest BCUT2D eigenvalue weighted by Gasteiger charge is 2.32. The van der Waals surface area contributed by atoms with Crippen molar-refractivity contribution in [2.75, 3.05) is 38.6 Å². The van der Waals surface area contributed by atoms with Crippen molar-refractivity contribution in [2.24, 2.45) is 13.0 Å². The van der Waals surface area contributed by atoms with Gasteiger partial charge in [-0.25, -0.2) is 9.37 Å². The number of ether oxygens (including phenoxy) is 1. The molecular weight excluding hydrogens is 630 g/mol. The van der Waals surface area contributed by atoms with Crippen LogP contribution in [0.25, 0.3) is 11.3 Å². The van der Waals surface area contributed by atoms with Crippen LogP contribution in [0.3, 0.4) is 0 Å². The molecule has 16 heteroatoms. The molecule has 2 aliphatic heterocycles. The number of carbonyl (C=O) groups is 4. The van der Waals surface area contributed by atoms with Gasteiger partial charge in [0.05, 0.1) is 41.7 Å². The zero-order chi connectivity index (χ0) is 33.5. The van der Waals surface area contributed by atoms with Gasteiger partial charge in [-0.2, -0.15) is 4.39 Å². The van der Waals surface area contributed by atoms with Crippen molar-refractivity contribution in [1.29, 1.82) is 0 Å². The van der Waals surface area contributed by atoms with Gasteiger partial charge < -0.3 is 40.4 Å². The third-order valence-electron chi connectivity index (χ3n) is 7.85. The first-order chi connectivity index (χ1) is 22.0. The Kier molecular flexibility index (Phi) is 11.3. The van der Waals surface area contributed by atoms with Crippen molar-refractivity contribution in [2.45, 2.75) is 25.0 Å². The molecular formula is C30H33ClF2N6O7. The van der Waals surface area contributed by atoms with E-state index >= 15 is 0 Å². The van der Waals surface area contributed by atoms with Gasteiger partial charge in [-0.05, 0) is 43.2 Å². The van der Waals surface area contributed by atoms with Gasteiger partial charge in [0, 0.05) is 50.4 Å². The fourth-order valence-corrected chi connectivity index (χ4v) is 5.60. The van der Waals surface area contributed by atoms with Crippen LogP contribution in [0.15, 0.2) is 36.5 Å². The van der Waals surface area contributed by atoms with Gasteiger partial charge in [0.2, 0.25) is 11.7 Å². The molecule has 0 unspecified atom stereocenters. The van der Waals surface area contributed by atoms with Gasteiger partial charge in [0.15, 0.2) is 17.4 Å². The van der Waals surface area contributed by atoms with Crippen LogP contribution in [0.5, 0.6) is 5.75 Å². The van der Waals surface area contributed by atoms with Crippen molar-refractivity contribution < 1.29 is 42.9 Å². The van der Waals surface area contributed by atoms with Crippen molar-refractivity contribution in [1.82, 2.24) is 25.1 Å². The maximum atomic E-state index is 14.6. The second-order valence-corrected chi connectivity index (χ2v) is 11.0. The Morgan fingerprint density at radius 2 is 1.83 bits per heavy atom. The summed E-state index contributed by atoms with van der Waals surface area (Å²) < 4.78 is 35.0. The second-order valence-electron chi connectivity index (χ2n) is 10.6. The zero-order valence-corrected chi connectivity index (χ0v) is 25.7. The van der Waals surface area contributed by atoms with Crippen LogP contribution in [0.4, 0.5) is 14.5 Å². The van der Waals surface area contributed by atoms with Crippen LogP contribution in [-0.2, 0) is 16.6 Å². The van der Waals surface area contributed by atoms with Gasteiger partial charge >= 0.3 is 0 Å². The number of anilines is 1. The Hall–Kier alpha value is -4.60. The Balaban J connectivity index is 0.00000154. The van der Waals surface area contributed by atoms with E-state index in [2.05, 4.69) is 20.9 Å². The number of β-amino-alcohol motifs (C(OH)–C–C–N with tert-alkyl or cyclic N) is 1. The van der Waals surface area contributed by atoms with Crippen LogP contribution < -0.4 is 20.7 Å². The number of hydrogen-bond acceptors (Lipinski definition) is 8. The van der Waals surface area contributed by atoms with E-state index in [4.69, 9.17) is 26.2 Å². The predicted molar refractivity (Wildman–Crippen MR) is 163 cm³/mol. The van der Waals surface area contributed by atoms with Gasteiger partial charge in [-0.3, -0.25) is 19.2 Å². The van der Waals surface area contributed by atoms with E-state index in [1.807, 2.05) is 0 Å². The summed E-state index contributed by atoms with van der Waals surface area (Å²) in [4.78, 5) is 52.8. The highest BCUT2D eigenvalue weighted by molar-refractivity contribution is 6.34. The minimum absolute atomic E-state index is 0.0625. The molecule has 2 aromatic carbocycles. The number of rotatable bonds is 7. The Morgan fingerprint density at radius 1 is 1.13 bits per heavy atom. The minimum atomic E-state index is -1.15. The van der Waals surface area contributed by atoms with Crippen molar-refractivity contribution in [3.63, 3.8) is 0 Å². The molecule has 13 nitrogen and oxygen atoms in total. The first-order valence-corrected chi connectivity index (χ1v) is 14.6. The molecule has 0 saturated carbocycles. The first-order valence-electron chi connectivity index (χ1n) is 14.2. The lowest BCUT2D eigenvalue weighted by atomic mass is 9.95. The number of aliphatic hydroxyl groups is 1. The second kappa shape index (κ2) is 15.1. The fourth-order valence-electron chi connectivity index (χ4n) is 5.34. The smallest absolute Gasteiger partial charge is 0.291 e. The van der Waals surface area contributed by atoms with Gasteiger partial charge in [-0.1, -0.05) is 11.6 Å². The number of benzene rings is 2. The molecule has 0 radical (unpaired) electrons. The average Bonchev–Trinajstić information content (AvgIpc) is 3.63. The first kappa shape index (κ1) is 34.3. The van der Waals surface area contributed by atoms with Crippen LogP contribution >= 0.6 is 11.6 Å². The summed E-state index contributed by atoms with van der Waals surface area (Å²) in [6.07, 6.45) is 1.61. The lowest BCUT2D eigenvalue weighted by molar-refractivity contribution is -0.127. The normalized spacial score (nSPS) is 17.9. The van der Waals surface area contributed by atoms with Crippen LogP contribution in [0.2, 0.25) is 5.02 Å². The molecule has 5 N–H and O–H groups in total. The summed E-state index contributed by atoms with van der Waals surface area (Å²) in [6.45, 7) is 1.46. The van der Waals surface area contributed by atoms with Crippen molar-refractivity contribution in [3.8, 4) is 17.0 Å². The molecule has 2 aliphatic rings. The molecule has 0 spiro atoms. The van der Waals surface area contributed by atoms with Crippen LogP contribution in [-0.4, -0.2) is 94.3 Å². The molecule has 0 bridgehead atoms. The number of amides is 3. The predicted octanol–water partition coefficient (Wildman–Crippen LogP) is 2.28. The topological polar surface area (TPSA) is 175 Å². The SMILES string of the molecule is COc1ccc(-c2cnc(C(=O)Nc3ccc(C(=O)N4CCC(C(=O)N[C@@H]5CNC[C@H]5O)CC4)c(Cl)c3)n2C)c(F)c1F.O=CO. The standard InChI is InChI=1S/C29H31ClF2N6O5.CH2O2/c1-37-21(18-5-6-23(43-2)25(32)24(18)31)13-34-26(37)28(41)35-16-3-4-17(19(30)11-16)29(42)38-9-7-15(8-10-38)27(40)36-20-12-33-14-22(20)39;2-1-3/h3-6,11,13,15,20,22,33,39H,7-10,12,14H2,1-2H3,(H,35,41)(H,36,40);1H,(H,2,3)/t20-,22-;/m1./s1. The number of imidazole rings is 1. The lowest BCUT2D eigenvalue weighted by Gasteiger charge is -2.32. The number of nitrogens with one attached hydrogen (secondary N) is 3. The van der Waals surface area contributed by atoms with E-state index in [1.165, 1.54) is 55.3 Å². The third-order valence-corrected chi connectivity index (χ3v) is 8.17. The largest absolute Gasteiger partial charge is 0.494 e. The maximum Gasteiger partial charge on any atom is 0.291 e. The molecule has 46 heavy (non-hydrogen) atoms. The molecule has 3 amide bonds. The summed E-state index contributed by atoms with van der Waals surface area (Å²) in [5, 5.41) is 25.5. The number of likely N-dealkylation sites (tertiary alicyclic amines) is 1. The number of methoxy groups -OCH3 is 1. The van der Waals surface area contributed by atoms with Gasteiger partial charge in [-0.15, -0.1) is 0 Å². The minimum Gasteiger partial charge on any atom is -0.494 e. The molecule has 3 heterocycles. The van der Waals surface area contributed by atoms with Crippen LogP contribution in [0.1, 0.15) is 33.8 Å². The number of halogens is 3. The van der Waals surface area contributed by atoms with Gasteiger partial charge in [0.25, 0.3) is 18.3 Å². The van der Waals surface area contributed by atoms with Crippen molar-refractivity contribution in [3.05, 3.63) is 64.6 Å². The van der Waals surface area contributed by atoms with Crippen molar-refractivity contribution >= 4 is 41.5 Å². The van der Waals surface area contributed by atoms with E-state index < -0.39 is 23.6 Å².